The van der Waals surface area contributed by atoms with Gasteiger partial charge >= 0.3 is 5.76 Å². The van der Waals surface area contributed by atoms with Crippen molar-refractivity contribution in [2.24, 2.45) is 0 Å². The molecule has 2 amide bonds. The van der Waals surface area contributed by atoms with E-state index in [4.69, 9.17) is 20.8 Å². The predicted octanol–water partition coefficient (Wildman–Crippen LogP) is 4.15. The second-order valence-corrected chi connectivity index (χ2v) is 10.8. The number of ether oxygens (including phenoxy) is 1. The molecule has 0 spiro atoms. The average Bonchev–Trinajstić information content (AvgIpc) is 3.29. The van der Waals surface area contributed by atoms with Crippen LogP contribution in [0.4, 0.5) is 0 Å². The second-order valence-electron chi connectivity index (χ2n) is 10.4. The van der Waals surface area contributed by atoms with Gasteiger partial charge in [0.1, 0.15) is 6.54 Å². The molecule has 3 aromatic carbocycles. The van der Waals surface area contributed by atoms with E-state index in [1.54, 1.807) is 49.1 Å². The lowest BCUT2D eigenvalue weighted by atomic mass is 9.98. The zero-order chi connectivity index (χ0) is 29.1. The molecule has 2 heterocycles. The van der Waals surface area contributed by atoms with Crippen LogP contribution in [0.3, 0.4) is 0 Å². The first-order valence-corrected chi connectivity index (χ1v) is 13.9. The Labute approximate surface area is 243 Å². The summed E-state index contributed by atoms with van der Waals surface area (Å²) in [6, 6.07) is 20.3. The Morgan fingerprint density at radius 1 is 0.927 bits per heavy atom. The maximum absolute atomic E-state index is 13.6. The van der Waals surface area contributed by atoms with E-state index in [-0.39, 0.29) is 24.4 Å². The fraction of sp³-hybridized carbons (Fsp3) is 0.323. The summed E-state index contributed by atoms with van der Waals surface area (Å²) in [5, 5.41) is 0.456. The third-order valence-corrected chi connectivity index (χ3v) is 7.72. The van der Waals surface area contributed by atoms with E-state index in [0.717, 1.165) is 29.8 Å². The van der Waals surface area contributed by atoms with Gasteiger partial charge in [-0.05, 0) is 47.0 Å². The molecule has 0 N–H and O–H groups in total. The number of benzene rings is 3. The van der Waals surface area contributed by atoms with Gasteiger partial charge in [-0.1, -0.05) is 48.0 Å². The van der Waals surface area contributed by atoms with Gasteiger partial charge in [-0.2, -0.15) is 0 Å². The van der Waals surface area contributed by atoms with Crippen LogP contribution in [-0.4, -0.2) is 85.1 Å². The van der Waals surface area contributed by atoms with Crippen LogP contribution < -0.4 is 5.76 Å². The number of aromatic nitrogens is 1. The Hall–Kier alpha value is -3.92. The number of amides is 2. The van der Waals surface area contributed by atoms with E-state index in [1.165, 1.54) is 4.57 Å². The van der Waals surface area contributed by atoms with Crippen molar-refractivity contribution in [2.45, 2.75) is 12.6 Å². The highest BCUT2D eigenvalue weighted by atomic mass is 35.5. The van der Waals surface area contributed by atoms with E-state index in [2.05, 4.69) is 4.90 Å². The van der Waals surface area contributed by atoms with Crippen LogP contribution in [0.25, 0.3) is 22.2 Å². The second kappa shape index (κ2) is 12.3. The molecular weight excluding hydrogens is 544 g/mol. The van der Waals surface area contributed by atoms with Crippen molar-refractivity contribution in [1.82, 2.24) is 19.3 Å². The van der Waals surface area contributed by atoms with E-state index in [9.17, 15) is 14.4 Å². The summed E-state index contributed by atoms with van der Waals surface area (Å²) >= 11 is 6.14. The van der Waals surface area contributed by atoms with Crippen LogP contribution in [0, 0.1) is 0 Å². The minimum atomic E-state index is -0.601. The first kappa shape index (κ1) is 28.6. The minimum absolute atomic E-state index is 0.0423. The van der Waals surface area contributed by atoms with E-state index in [0.29, 0.717) is 41.4 Å². The summed E-state index contributed by atoms with van der Waals surface area (Å²) in [4.78, 5) is 43.9. The summed E-state index contributed by atoms with van der Waals surface area (Å²) in [7, 11) is 5.23. The Morgan fingerprint density at radius 2 is 1.56 bits per heavy atom. The number of hydrogen-bond donors (Lipinski definition) is 0. The van der Waals surface area contributed by atoms with Crippen molar-refractivity contribution in [3.8, 4) is 11.1 Å². The molecule has 0 aliphatic carbocycles. The first-order chi connectivity index (χ1) is 19.7. The number of likely N-dealkylation sites (N-methyl/N-ethyl adjacent to an activating group) is 1. The minimum Gasteiger partial charge on any atom is -0.408 e. The summed E-state index contributed by atoms with van der Waals surface area (Å²) in [5.74, 6) is -0.867. The van der Waals surface area contributed by atoms with Gasteiger partial charge in [-0.25, -0.2) is 4.79 Å². The number of rotatable bonds is 8. The monoisotopic (exact) mass is 576 g/mol. The molecule has 1 fully saturated rings. The van der Waals surface area contributed by atoms with Crippen molar-refractivity contribution in [3.05, 3.63) is 93.4 Å². The highest BCUT2D eigenvalue weighted by Gasteiger charge is 2.26. The summed E-state index contributed by atoms with van der Waals surface area (Å²) in [6.07, 6.45) is 0. The highest BCUT2D eigenvalue weighted by molar-refractivity contribution is 6.31. The molecule has 4 aromatic rings. The Kier molecular flexibility index (Phi) is 8.58. The predicted molar refractivity (Wildman–Crippen MR) is 158 cm³/mol. The number of carbonyl (C=O) groups is 2. The van der Waals surface area contributed by atoms with Crippen molar-refractivity contribution < 1.29 is 18.7 Å². The Morgan fingerprint density at radius 3 is 2.20 bits per heavy atom. The number of oxazole rings is 1. The lowest BCUT2D eigenvalue weighted by Gasteiger charge is -2.35. The summed E-state index contributed by atoms with van der Waals surface area (Å²) in [6.45, 7) is 3.30. The molecule has 9 nitrogen and oxygen atoms in total. The normalized spacial score (nSPS) is 14.6. The smallest absolute Gasteiger partial charge is 0.408 e. The molecule has 1 aromatic heterocycles. The Balaban J connectivity index is 1.39. The molecule has 1 aliphatic heterocycles. The molecule has 0 radical (unpaired) electrons. The number of morpholine rings is 1. The highest BCUT2D eigenvalue weighted by Crippen LogP contribution is 2.27. The van der Waals surface area contributed by atoms with Crippen LogP contribution in [0.1, 0.15) is 22.0 Å². The lowest BCUT2D eigenvalue weighted by Crippen LogP contribution is -2.44. The number of hydrogen-bond acceptors (Lipinski definition) is 6. The van der Waals surface area contributed by atoms with Crippen LogP contribution in [0.5, 0.6) is 0 Å². The van der Waals surface area contributed by atoms with Crippen molar-refractivity contribution in [3.63, 3.8) is 0 Å². The average molecular weight is 577 g/mol. The molecule has 1 atom stereocenters. The fourth-order valence-corrected chi connectivity index (χ4v) is 5.21. The zero-order valence-electron chi connectivity index (χ0n) is 23.4. The van der Waals surface area contributed by atoms with Crippen molar-refractivity contribution in [1.29, 1.82) is 0 Å². The van der Waals surface area contributed by atoms with E-state index >= 15 is 0 Å². The largest absolute Gasteiger partial charge is 0.420 e. The third-order valence-electron chi connectivity index (χ3n) is 7.49. The van der Waals surface area contributed by atoms with Gasteiger partial charge in [0.25, 0.3) is 5.91 Å². The SMILES string of the molecule is CN(C)C(=O)c1ccc(-c2ccc(C(CN3CCOCC3)N(C)C(=O)Cn3c(=O)oc4ccc(Cl)cc43)cc2)cc1. The van der Waals surface area contributed by atoms with Crippen molar-refractivity contribution in [2.75, 3.05) is 54.0 Å². The van der Waals surface area contributed by atoms with Gasteiger partial charge in [0.05, 0.1) is 24.8 Å². The lowest BCUT2D eigenvalue weighted by molar-refractivity contribution is -0.133. The van der Waals surface area contributed by atoms with E-state index < -0.39 is 5.76 Å². The van der Waals surface area contributed by atoms with Gasteiger partial charge < -0.3 is 19.0 Å². The number of carbonyl (C=O) groups excluding carboxylic acids is 2. The van der Waals surface area contributed by atoms with Crippen molar-refractivity contribution >= 4 is 34.5 Å². The molecule has 1 saturated heterocycles. The maximum Gasteiger partial charge on any atom is 0.420 e. The molecule has 0 bridgehead atoms. The molecular formula is C31H33ClN4O5. The molecule has 1 aliphatic rings. The molecule has 0 saturated carbocycles. The number of fused-ring (bicyclic) bond motifs is 1. The standard InChI is InChI=1S/C31H33ClN4O5/c1-33(2)30(38)24-10-6-22(7-11-24)21-4-8-23(9-5-21)27(19-35-14-16-40-17-15-35)34(3)29(37)20-36-26-18-25(32)12-13-28(26)41-31(36)39/h4-13,18,27H,14-17,19-20H2,1-3H3. The van der Waals surface area contributed by atoms with Crippen LogP contribution in [0.15, 0.2) is 75.9 Å². The van der Waals surface area contributed by atoms with E-state index in [1.807, 2.05) is 48.5 Å². The topological polar surface area (TPSA) is 88.2 Å². The van der Waals surface area contributed by atoms with Crippen LogP contribution in [0.2, 0.25) is 5.02 Å². The Bertz CT molecular complexity index is 1590. The van der Waals surface area contributed by atoms with Gasteiger partial charge in [0.15, 0.2) is 5.58 Å². The third kappa shape index (κ3) is 6.37. The summed E-state index contributed by atoms with van der Waals surface area (Å²) in [5.41, 5.74) is 4.47. The van der Waals surface area contributed by atoms with Gasteiger partial charge in [0.2, 0.25) is 5.91 Å². The zero-order valence-corrected chi connectivity index (χ0v) is 24.1. The quantitative estimate of drug-likeness (QED) is 0.313. The van der Waals surface area contributed by atoms with Gasteiger partial charge in [-0.3, -0.25) is 19.1 Å². The van der Waals surface area contributed by atoms with Gasteiger partial charge in [0, 0.05) is 51.4 Å². The molecule has 214 valence electrons. The first-order valence-electron chi connectivity index (χ1n) is 13.5. The fourth-order valence-electron chi connectivity index (χ4n) is 5.05. The number of nitrogens with zero attached hydrogens (tertiary/aromatic N) is 4. The molecule has 41 heavy (non-hydrogen) atoms. The van der Waals surface area contributed by atoms with Gasteiger partial charge in [-0.15, -0.1) is 0 Å². The number of halogens is 1. The molecule has 5 rings (SSSR count). The summed E-state index contributed by atoms with van der Waals surface area (Å²) < 4.78 is 12.2. The van der Waals surface area contributed by atoms with Crippen LogP contribution in [-0.2, 0) is 16.1 Å². The van der Waals surface area contributed by atoms with Crippen LogP contribution >= 0.6 is 11.6 Å². The molecule has 1 unspecified atom stereocenters. The molecule has 10 heteroatoms. The maximum atomic E-state index is 13.6.